The van der Waals surface area contributed by atoms with Crippen LogP contribution < -0.4 is 5.73 Å². The Kier molecular flexibility index (Phi) is 5.81. The minimum Gasteiger partial charge on any atom is -0.376 e. The van der Waals surface area contributed by atoms with Crippen LogP contribution in [0.2, 0.25) is 0 Å². The van der Waals surface area contributed by atoms with Gasteiger partial charge in [0, 0.05) is 12.2 Å². The van der Waals surface area contributed by atoms with Crippen LogP contribution in [0.1, 0.15) is 48.9 Å². The number of anilines is 1. The first-order valence-electron chi connectivity index (χ1n) is 8.84. The molecule has 1 aromatic heterocycles. The first kappa shape index (κ1) is 17.6. The molecule has 0 aliphatic heterocycles. The smallest absolute Gasteiger partial charge is 0.221 e. The standard InChI is InChI=1S/C19H25FN4O/c1-14-11-24(19(21)23-14)22-10-16-7-8-18(20)9-17(16)13-25-12-15-5-3-2-4-6-15/h7-11,15H,2-6,12-13H2,1H3,(H2,21,23). The SMILES string of the molecule is Cc1cn(N=Cc2ccc(F)cc2COCC2CCCCC2)c(N)n1. The van der Waals surface area contributed by atoms with E-state index < -0.39 is 0 Å². The molecule has 0 spiro atoms. The van der Waals surface area contributed by atoms with Gasteiger partial charge in [0.15, 0.2) is 0 Å². The van der Waals surface area contributed by atoms with Gasteiger partial charge in [-0.1, -0.05) is 25.3 Å². The number of nitrogen functional groups attached to an aromatic ring is 1. The van der Waals surface area contributed by atoms with Crippen molar-refractivity contribution in [3.63, 3.8) is 0 Å². The van der Waals surface area contributed by atoms with E-state index in [-0.39, 0.29) is 5.82 Å². The van der Waals surface area contributed by atoms with Crippen molar-refractivity contribution >= 4 is 12.2 Å². The molecule has 134 valence electrons. The second-order valence-corrected chi connectivity index (χ2v) is 6.69. The molecule has 1 heterocycles. The van der Waals surface area contributed by atoms with Crippen molar-refractivity contribution in [2.24, 2.45) is 11.0 Å². The molecule has 0 amide bonds. The van der Waals surface area contributed by atoms with Gasteiger partial charge in [-0.05, 0) is 43.4 Å². The third-order valence-electron chi connectivity index (χ3n) is 4.60. The van der Waals surface area contributed by atoms with Crippen molar-refractivity contribution in [2.45, 2.75) is 45.6 Å². The fourth-order valence-electron chi connectivity index (χ4n) is 3.24. The Hall–Kier alpha value is -2.21. The largest absolute Gasteiger partial charge is 0.376 e. The van der Waals surface area contributed by atoms with Crippen LogP contribution in [0, 0.1) is 18.7 Å². The number of nitrogens with zero attached hydrogens (tertiary/aromatic N) is 3. The molecule has 1 fully saturated rings. The Labute approximate surface area is 147 Å². The summed E-state index contributed by atoms with van der Waals surface area (Å²) in [6.45, 7) is 2.97. The highest BCUT2D eigenvalue weighted by Gasteiger charge is 2.13. The monoisotopic (exact) mass is 344 g/mol. The van der Waals surface area contributed by atoms with Crippen molar-refractivity contribution in [3.8, 4) is 0 Å². The van der Waals surface area contributed by atoms with E-state index >= 15 is 0 Å². The number of aromatic nitrogens is 2. The second kappa shape index (κ2) is 8.25. The van der Waals surface area contributed by atoms with Crippen molar-refractivity contribution in [1.29, 1.82) is 0 Å². The lowest BCUT2D eigenvalue weighted by atomic mass is 9.90. The summed E-state index contributed by atoms with van der Waals surface area (Å²) in [5.41, 5.74) is 8.18. The highest BCUT2D eigenvalue weighted by Crippen LogP contribution is 2.24. The fraction of sp³-hybridized carbons (Fsp3) is 0.474. The van der Waals surface area contributed by atoms with Crippen LogP contribution in [0.5, 0.6) is 0 Å². The summed E-state index contributed by atoms with van der Waals surface area (Å²) in [6, 6.07) is 4.64. The van der Waals surface area contributed by atoms with Gasteiger partial charge < -0.3 is 10.5 Å². The molecule has 0 atom stereocenters. The van der Waals surface area contributed by atoms with Gasteiger partial charge in [-0.2, -0.15) is 5.10 Å². The van der Waals surface area contributed by atoms with Crippen LogP contribution in [-0.2, 0) is 11.3 Å². The maximum absolute atomic E-state index is 13.6. The summed E-state index contributed by atoms with van der Waals surface area (Å²) in [5.74, 6) is 0.686. The lowest BCUT2D eigenvalue weighted by Crippen LogP contribution is -2.13. The number of imidazole rings is 1. The highest BCUT2D eigenvalue weighted by molar-refractivity contribution is 5.81. The predicted molar refractivity (Wildman–Crippen MR) is 97.0 cm³/mol. The number of rotatable bonds is 6. The van der Waals surface area contributed by atoms with Gasteiger partial charge in [0.1, 0.15) is 5.82 Å². The molecule has 0 bridgehead atoms. The van der Waals surface area contributed by atoms with Crippen LogP contribution in [0.25, 0.3) is 0 Å². The third-order valence-corrected chi connectivity index (χ3v) is 4.60. The normalized spacial score (nSPS) is 15.9. The average Bonchev–Trinajstić information content (AvgIpc) is 2.92. The Bertz CT molecular complexity index is 735. The van der Waals surface area contributed by atoms with Crippen LogP contribution >= 0.6 is 0 Å². The van der Waals surface area contributed by atoms with E-state index in [1.165, 1.54) is 48.9 Å². The van der Waals surface area contributed by atoms with Crippen LogP contribution in [0.4, 0.5) is 10.3 Å². The van der Waals surface area contributed by atoms with E-state index in [1.54, 1.807) is 18.5 Å². The molecule has 1 aliphatic carbocycles. The number of hydrogen-bond acceptors (Lipinski definition) is 4. The Morgan fingerprint density at radius 3 is 2.88 bits per heavy atom. The topological polar surface area (TPSA) is 65.4 Å². The van der Waals surface area contributed by atoms with E-state index in [1.807, 2.05) is 6.92 Å². The van der Waals surface area contributed by atoms with Crippen molar-refractivity contribution in [3.05, 3.63) is 47.0 Å². The summed E-state index contributed by atoms with van der Waals surface area (Å²) in [4.78, 5) is 4.10. The van der Waals surface area contributed by atoms with Crippen LogP contribution in [0.3, 0.4) is 0 Å². The molecule has 2 N–H and O–H groups in total. The van der Waals surface area contributed by atoms with Gasteiger partial charge in [0.25, 0.3) is 0 Å². The van der Waals surface area contributed by atoms with Gasteiger partial charge >= 0.3 is 0 Å². The van der Waals surface area contributed by atoms with Gasteiger partial charge in [-0.15, -0.1) is 0 Å². The Morgan fingerprint density at radius 1 is 1.36 bits per heavy atom. The summed E-state index contributed by atoms with van der Waals surface area (Å²) in [5, 5.41) is 4.31. The quantitative estimate of drug-likeness (QED) is 0.809. The van der Waals surface area contributed by atoms with Crippen LogP contribution in [-0.4, -0.2) is 22.5 Å². The maximum Gasteiger partial charge on any atom is 0.221 e. The van der Waals surface area contributed by atoms with E-state index in [0.29, 0.717) is 18.5 Å². The zero-order valence-electron chi connectivity index (χ0n) is 14.6. The molecular weight excluding hydrogens is 319 g/mol. The van der Waals surface area contributed by atoms with Crippen molar-refractivity contribution in [2.75, 3.05) is 12.3 Å². The van der Waals surface area contributed by atoms with Gasteiger partial charge in [0.05, 0.1) is 24.7 Å². The minimum atomic E-state index is -0.272. The first-order chi connectivity index (χ1) is 12.1. The van der Waals surface area contributed by atoms with E-state index in [9.17, 15) is 4.39 Å². The van der Waals surface area contributed by atoms with E-state index in [4.69, 9.17) is 10.5 Å². The Balaban J connectivity index is 1.66. The molecule has 1 aliphatic rings. The fourth-order valence-corrected chi connectivity index (χ4v) is 3.24. The maximum atomic E-state index is 13.6. The number of aryl methyl sites for hydroxylation is 1. The molecule has 3 rings (SSSR count). The summed E-state index contributed by atoms with van der Waals surface area (Å²) >= 11 is 0. The average molecular weight is 344 g/mol. The van der Waals surface area contributed by atoms with Crippen molar-refractivity contribution in [1.82, 2.24) is 9.66 Å². The second-order valence-electron chi connectivity index (χ2n) is 6.69. The van der Waals surface area contributed by atoms with Gasteiger partial charge in [-0.3, -0.25) is 0 Å². The van der Waals surface area contributed by atoms with Crippen molar-refractivity contribution < 1.29 is 9.13 Å². The molecule has 25 heavy (non-hydrogen) atoms. The number of ether oxygens (including phenoxy) is 1. The lowest BCUT2D eigenvalue weighted by molar-refractivity contribution is 0.0737. The summed E-state index contributed by atoms with van der Waals surface area (Å²) in [6.07, 6.45) is 9.78. The minimum absolute atomic E-state index is 0.272. The predicted octanol–water partition coefficient (Wildman–Crippen LogP) is 3.89. The number of hydrogen-bond donors (Lipinski definition) is 1. The Morgan fingerprint density at radius 2 is 2.16 bits per heavy atom. The number of benzene rings is 1. The first-order valence-corrected chi connectivity index (χ1v) is 8.84. The molecule has 0 radical (unpaired) electrons. The van der Waals surface area contributed by atoms with E-state index in [0.717, 1.165) is 23.4 Å². The highest BCUT2D eigenvalue weighted by atomic mass is 19.1. The molecule has 0 saturated heterocycles. The molecule has 1 saturated carbocycles. The lowest BCUT2D eigenvalue weighted by Gasteiger charge is -2.21. The molecule has 6 heteroatoms. The zero-order valence-corrected chi connectivity index (χ0v) is 14.6. The zero-order chi connectivity index (χ0) is 17.6. The van der Waals surface area contributed by atoms with Gasteiger partial charge in [0.2, 0.25) is 5.95 Å². The third kappa shape index (κ3) is 4.89. The summed E-state index contributed by atoms with van der Waals surface area (Å²) < 4.78 is 21.0. The molecule has 5 nitrogen and oxygen atoms in total. The summed E-state index contributed by atoms with van der Waals surface area (Å²) in [7, 11) is 0. The molecular formula is C19H25FN4O. The number of halogens is 1. The molecule has 1 aromatic carbocycles. The molecule has 2 aromatic rings. The molecule has 0 unspecified atom stereocenters. The number of nitrogens with two attached hydrogens (primary N) is 1. The van der Waals surface area contributed by atoms with Gasteiger partial charge in [-0.25, -0.2) is 14.1 Å². The van der Waals surface area contributed by atoms with E-state index in [2.05, 4.69) is 10.1 Å². The van der Waals surface area contributed by atoms with Crippen LogP contribution in [0.15, 0.2) is 29.5 Å².